The first-order valence-corrected chi connectivity index (χ1v) is 5.26. The Morgan fingerprint density at radius 3 is 1.88 bits per heavy atom. The number of aryl methyl sites for hydroxylation is 2. The molecule has 0 aromatic heterocycles. The molecule has 17 heavy (non-hydrogen) atoms. The lowest BCUT2D eigenvalue weighted by Crippen LogP contribution is -2.30. The first kappa shape index (κ1) is 11.4. The summed E-state index contributed by atoms with van der Waals surface area (Å²) in [4.78, 5) is 24.4. The molecule has 2 rings (SSSR count). The fraction of sp³-hybridized carbons (Fsp3) is 0.231. The van der Waals surface area contributed by atoms with Gasteiger partial charge in [0.05, 0.1) is 12.8 Å². The number of imide groups is 1. The Kier molecular flexibility index (Phi) is 2.71. The molecule has 1 aromatic carbocycles. The Balaban J connectivity index is 2.53. The highest BCUT2D eigenvalue weighted by Crippen LogP contribution is 2.31. The molecule has 0 N–H and O–H groups in total. The average molecular weight is 231 g/mol. The molecular formula is C13H13NO3. The van der Waals surface area contributed by atoms with Crippen molar-refractivity contribution in [1.82, 2.24) is 0 Å². The quantitative estimate of drug-likeness (QED) is 0.728. The number of anilines is 1. The number of methoxy groups -OCH3 is 1. The summed E-state index contributed by atoms with van der Waals surface area (Å²) in [6, 6.07) is 3.61. The molecular weight excluding hydrogens is 218 g/mol. The van der Waals surface area contributed by atoms with Crippen molar-refractivity contribution in [3.05, 3.63) is 35.4 Å². The highest BCUT2D eigenvalue weighted by atomic mass is 16.5. The first-order valence-electron chi connectivity index (χ1n) is 5.26. The number of amides is 2. The van der Waals surface area contributed by atoms with Crippen molar-refractivity contribution in [2.45, 2.75) is 13.8 Å². The van der Waals surface area contributed by atoms with Crippen LogP contribution < -0.4 is 9.64 Å². The lowest BCUT2D eigenvalue weighted by atomic mass is 10.1. The number of hydrogen-bond donors (Lipinski definition) is 0. The van der Waals surface area contributed by atoms with Crippen molar-refractivity contribution in [1.29, 1.82) is 0 Å². The Morgan fingerprint density at radius 2 is 1.47 bits per heavy atom. The Labute approximate surface area is 99.5 Å². The van der Waals surface area contributed by atoms with E-state index >= 15 is 0 Å². The van der Waals surface area contributed by atoms with Crippen LogP contribution in [0.2, 0.25) is 0 Å². The van der Waals surface area contributed by atoms with Crippen molar-refractivity contribution in [2.24, 2.45) is 0 Å². The molecule has 1 heterocycles. The van der Waals surface area contributed by atoms with Gasteiger partial charge in [0.25, 0.3) is 11.8 Å². The lowest BCUT2D eigenvalue weighted by Gasteiger charge is -2.20. The van der Waals surface area contributed by atoms with Crippen LogP contribution in [0.1, 0.15) is 11.1 Å². The van der Waals surface area contributed by atoms with Crippen molar-refractivity contribution < 1.29 is 14.3 Å². The van der Waals surface area contributed by atoms with Gasteiger partial charge >= 0.3 is 0 Å². The van der Waals surface area contributed by atoms with Crippen molar-refractivity contribution in [2.75, 3.05) is 12.0 Å². The first-order chi connectivity index (χ1) is 8.04. The molecule has 4 nitrogen and oxygen atoms in total. The third-order valence-corrected chi connectivity index (χ3v) is 2.73. The second kappa shape index (κ2) is 4.05. The maximum atomic E-state index is 11.6. The van der Waals surface area contributed by atoms with Gasteiger partial charge in [0.2, 0.25) is 0 Å². The van der Waals surface area contributed by atoms with Crippen LogP contribution in [0, 0.1) is 13.8 Å². The van der Waals surface area contributed by atoms with Crippen molar-refractivity contribution in [3.63, 3.8) is 0 Å². The monoisotopic (exact) mass is 231 g/mol. The van der Waals surface area contributed by atoms with E-state index in [1.54, 1.807) is 19.2 Å². The number of benzene rings is 1. The molecule has 4 heteroatoms. The predicted octanol–water partition coefficient (Wildman–Crippen LogP) is 1.74. The molecule has 0 aliphatic carbocycles. The fourth-order valence-electron chi connectivity index (χ4n) is 2.01. The minimum absolute atomic E-state index is 0.300. The summed E-state index contributed by atoms with van der Waals surface area (Å²) in [5.41, 5.74) is 2.32. The van der Waals surface area contributed by atoms with E-state index in [0.29, 0.717) is 5.69 Å². The number of hydrogen-bond acceptors (Lipinski definition) is 3. The van der Waals surface area contributed by atoms with Crippen LogP contribution in [0.3, 0.4) is 0 Å². The van der Waals surface area contributed by atoms with Crippen LogP contribution >= 0.6 is 0 Å². The van der Waals surface area contributed by atoms with E-state index in [1.807, 2.05) is 13.8 Å². The van der Waals surface area contributed by atoms with Crippen LogP contribution in [0.25, 0.3) is 0 Å². The Hall–Kier alpha value is -2.10. The van der Waals surface area contributed by atoms with Crippen LogP contribution in [0.5, 0.6) is 5.75 Å². The minimum Gasteiger partial charge on any atom is -0.497 e. The summed E-state index contributed by atoms with van der Waals surface area (Å²) >= 11 is 0. The third kappa shape index (κ3) is 1.82. The summed E-state index contributed by atoms with van der Waals surface area (Å²) in [5, 5.41) is 0. The van der Waals surface area contributed by atoms with Gasteiger partial charge in [0, 0.05) is 12.2 Å². The van der Waals surface area contributed by atoms with Crippen LogP contribution in [-0.4, -0.2) is 18.9 Å². The van der Waals surface area contributed by atoms with Gasteiger partial charge in [-0.2, -0.15) is 0 Å². The van der Waals surface area contributed by atoms with E-state index in [-0.39, 0.29) is 11.8 Å². The largest absolute Gasteiger partial charge is 0.497 e. The zero-order chi connectivity index (χ0) is 12.6. The van der Waals surface area contributed by atoms with Crippen LogP contribution in [0.4, 0.5) is 5.69 Å². The van der Waals surface area contributed by atoms with Gasteiger partial charge in [-0.05, 0) is 37.1 Å². The summed E-state index contributed by atoms with van der Waals surface area (Å²) in [5.74, 6) is 0.119. The molecule has 0 fully saturated rings. The van der Waals surface area contributed by atoms with E-state index in [2.05, 4.69) is 0 Å². The zero-order valence-corrected chi connectivity index (χ0v) is 9.98. The van der Waals surface area contributed by atoms with E-state index in [9.17, 15) is 9.59 Å². The molecule has 0 bridgehead atoms. The van der Waals surface area contributed by atoms with E-state index in [1.165, 1.54) is 17.1 Å². The maximum absolute atomic E-state index is 11.6. The highest BCUT2D eigenvalue weighted by molar-refractivity contribution is 6.28. The standard InChI is InChI=1S/C13H13NO3/c1-8-6-10(17-3)7-9(2)13(8)14-11(15)4-5-12(14)16/h4-7H,1-3H3. The Morgan fingerprint density at radius 1 is 1.00 bits per heavy atom. The predicted molar refractivity (Wildman–Crippen MR) is 64.1 cm³/mol. The summed E-state index contributed by atoms with van der Waals surface area (Å²) in [6.45, 7) is 3.70. The van der Waals surface area contributed by atoms with Gasteiger partial charge < -0.3 is 4.74 Å². The summed E-state index contributed by atoms with van der Waals surface area (Å²) in [7, 11) is 1.58. The molecule has 0 spiro atoms. The molecule has 88 valence electrons. The molecule has 1 aliphatic rings. The maximum Gasteiger partial charge on any atom is 0.258 e. The molecule has 1 aromatic rings. The molecule has 0 saturated carbocycles. The normalized spacial score (nSPS) is 14.6. The zero-order valence-electron chi connectivity index (χ0n) is 9.98. The molecule has 0 atom stereocenters. The van der Waals surface area contributed by atoms with Gasteiger partial charge in [0.15, 0.2) is 0 Å². The van der Waals surface area contributed by atoms with Crippen molar-refractivity contribution >= 4 is 17.5 Å². The number of nitrogens with zero attached hydrogens (tertiary/aromatic N) is 1. The molecule has 0 saturated heterocycles. The van der Waals surface area contributed by atoms with Gasteiger partial charge in [-0.3, -0.25) is 9.59 Å². The van der Waals surface area contributed by atoms with Crippen LogP contribution in [-0.2, 0) is 9.59 Å². The fourth-order valence-corrected chi connectivity index (χ4v) is 2.01. The second-order valence-electron chi connectivity index (χ2n) is 3.96. The molecule has 1 aliphatic heterocycles. The van der Waals surface area contributed by atoms with Gasteiger partial charge in [-0.25, -0.2) is 4.90 Å². The number of carbonyl (C=O) groups excluding carboxylic acids is 2. The second-order valence-corrected chi connectivity index (χ2v) is 3.96. The lowest BCUT2D eigenvalue weighted by molar-refractivity contribution is -0.120. The molecule has 2 amide bonds. The molecule has 0 unspecified atom stereocenters. The number of ether oxygens (including phenoxy) is 1. The third-order valence-electron chi connectivity index (χ3n) is 2.73. The topological polar surface area (TPSA) is 46.6 Å². The van der Waals surface area contributed by atoms with E-state index in [0.717, 1.165) is 16.9 Å². The summed E-state index contributed by atoms with van der Waals surface area (Å²) in [6.07, 6.45) is 2.57. The minimum atomic E-state index is -0.300. The summed E-state index contributed by atoms with van der Waals surface area (Å²) < 4.78 is 5.14. The van der Waals surface area contributed by atoms with E-state index < -0.39 is 0 Å². The molecule has 0 radical (unpaired) electrons. The Bertz CT molecular complexity index is 490. The van der Waals surface area contributed by atoms with Gasteiger partial charge in [-0.1, -0.05) is 0 Å². The smallest absolute Gasteiger partial charge is 0.258 e. The van der Waals surface area contributed by atoms with E-state index in [4.69, 9.17) is 4.74 Å². The number of rotatable bonds is 2. The highest BCUT2D eigenvalue weighted by Gasteiger charge is 2.27. The average Bonchev–Trinajstić information content (AvgIpc) is 2.59. The number of carbonyl (C=O) groups is 2. The van der Waals surface area contributed by atoms with Crippen molar-refractivity contribution in [3.8, 4) is 5.75 Å². The van der Waals surface area contributed by atoms with Gasteiger partial charge in [0.1, 0.15) is 5.75 Å². The SMILES string of the molecule is COc1cc(C)c(N2C(=O)C=CC2=O)c(C)c1. The van der Waals surface area contributed by atoms with Gasteiger partial charge in [-0.15, -0.1) is 0 Å². The van der Waals surface area contributed by atoms with Crippen LogP contribution in [0.15, 0.2) is 24.3 Å².